The van der Waals surface area contributed by atoms with Crippen molar-refractivity contribution in [3.63, 3.8) is 0 Å². The Labute approximate surface area is 102 Å². The van der Waals surface area contributed by atoms with Crippen molar-refractivity contribution in [2.24, 2.45) is 0 Å². The van der Waals surface area contributed by atoms with E-state index in [9.17, 15) is 9.59 Å². The van der Waals surface area contributed by atoms with Crippen LogP contribution in [-0.2, 0) is 4.79 Å². The van der Waals surface area contributed by atoms with Crippen molar-refractivity contribution in [2.45, 2.75) is 13.0 Å². The highest BCUT2D eigenvalue weighted by Gasteiger charge is 2.16. The van der Waals surface area contributed by atoms with Crippen molar-refractivity contribution in [2.75, 3.05) is 0 Å². The molecule has 1 unspecified atom stereocenters. The molecule has 0 bridgehead atoms. The molecule has 1 aromatic heterocycles. The first-order valence-electron chi connectivity index (χ1n) is 5.21. The monoisotopic (exact) mass is 249 g/mol. The van der Waals surface area contributed by atoms with Gasteiger partial charge in [-0.25, -0.2) is 9.78 Å². The van der Waals surface area contributed by atoms with Gasteiger partial charge in [0, 0.05) is 0 Å². The fourth-order valence-electron chi connectivity index (χ4n) is 1.36. The molecule has 2 rings (SSSR count). The van der Waals surface area contributed by atoms with Crippen LogP contribution in [0.4, 0.5) is 4.79 Å². The first-order chi connectivity index (χ1) is 8.58. The van der Waals surface area contributed by atoms with Crippen LogP contribution in [0.25, 0.3) is 11.0 Å². The van der Waals surface area contributed by atoms with Crippen molar-refractivity contribution >= 4 is 23.1 Å². The number of carbonyl (C=O) groups is 2. The number of amides is 1. The molecular weight excluding hydrogens is 238 g/mol. The number of para-hydroxylation sites is 2. The third kappa shape index (κ3) is 2.40. The Balaban J connectivity index is 2.10. The fourth-order valence-corrected chi connectivity index (χ4v) is 1.36. The average Bonchev–Trinajstić information content (AvgIpc) is 2.72. The number of fused-ring (bicyclic) bond motifs is 1. The van der Waals surface area contributed by atoms with Gasteiger partial charge in [0.05, 0.1) is 5.52 Å². The minimum absolute atomic E-state index is 0.621. The fraction of sp³-hybridized carbons (Fsp3) is 0.182. The van der Waals surface area contributed by atoms with Crippen LogP contribution >= 0.6 is 0 Å². The lowest BCUT2D eigenvalue weighted by molar-refractivity contribution is -0.138. The zero-order valence-corrected chi connectivity index (χ0v) is 9.53. The van der Waals surface area contributed by atoms with E-state index in [0.29, 0.717) is 11.0 Å². The van der Waals surface area contributed by atoms with Crippen molar-refractivity contribution in [3.8, 4) is 0 Å². The molecule has 7 nitrogen and oxygen atoms in total. The number of benzene rings is 1. The SMILES string of the molecule is CC(NC(=O)On1cnc2ccccc21)C(=O)O. The predicted octanol–water partition coefficient (Wildman–Crippen LogP) is 0.648. The first-order valence-corrected chi connectivity index (χ1v) is 5.21. The normalized spacial score (nSPS) is 12.1. The van der Waals surface area contributed by atoms with E-state index in [-0.39, 0.29) is 0 Å². The van der Waals surface area contributed by atoms with E-state index in [2.05, 4.69) is 10.3 Å². The van der Waals surface area contributed by atoms with Crippen molar-refractivity contribution in [1.29, 1.82) is 0 Å². The highest BCUT2D eigenvalue weighted by molar-refractivity contribution is 5.80. The van der Waals surface area contributed by atoms with Gasteiger partial charge in [-0.3, -0.25) is 4.79 Å². The number of imidazole rings is 1. The molecular formula is C11H11N3O4. The van der Waals surface area contributed by atoms with Gasteiger partial charge in [-0.05, 0) is 19.1 Å². The van der Waals surface area contributed by atoms with Crippen molar-refractivity contribution in [1.82, 2.24) is 15.0 Å². The quantitative estimate of drug-likeness (QED) is 0.832. The minimum atomic E-state index is -1.14. The Hall–Kier alpha value is -2.57. The number of nitrogens with one attached hydrogen (secondary N) is 1. The summed E-state index contributed by atoms with van der Waals surface area (Å²) in [6.45, 7) is 1.34. The van der Waals surface area contributed by atoms with Crippen LogP contribution in [0.1, 0.15) is 6.92 Å². The van der Waals surface area contributed by atoms with Crippen LogP contribution in [0.5, 0.6) is 0 Å². The van der Waals surface area contributed by atoms with Gasteiger partial charge in [0.1, 0.15) is 17.9 Å². The van der Waals surface area contributed by atoms with Crippen molar-refractivity contribution in [3.05, 3.63) is 30.6 Å². The predicted molar refractivity (Wildman–Crippen MR) is 61.9 cm³/mol. The highest BCUT2D eigenvalue weighted by atomic mass is 16.7. The Kier molecular flexibility index (Phi) is 3.13. The second-order valence-electron chi connectivity index (χ2n) is 3.64. The smallest absolute Gasteiger partial charge is 0.432 e. The maximum absolute atomic E-state index is 11.4. The zero-order chi connectivity index (χ0) is 13.1. The molecule has 0 spiro atoms. The van der Waals surface area contributed by atoms with Gasteiger partial charge in [-0.1, -0.05) is 12.1 Å². The maximum atomic E-state index is 11.4. The lowest BCUT2D eigenvalue weighted by Crippen LogP contribution is -2.42. The Morgan fingerprint density at radius 2 is 2.17 bits per heavy atom. The number of hydrogen-bond acceptors (Lipinski definition) is 4. The van der Waals surface area contributed by atoms with Crippen LogP contribution in [-0.4, -0.2) is 32.9 Å². The van der Waals surface area contributed by atoms with E-state index in [1.807, 2.05) is 6.07 Å². The summed E-state index contributed by atoms with van der Waals surface area (Å²) in [6, 6.07) is 6.07. The molecule has 0 aliphatic rings. The van der Waals surface area contributed by atoms with E-state index in [1.165, 1.54) is 18.0 Å². The number of aromatic nitrogens is 2. The summed E-state index contributed by atoms with van der Waals surface area (Å²) in [5, 5.41) is 10.8. The number of hydrogen-bond donors (Lipinski definition) is 2. The molecule has 1 heterocycles. The summed E-state index contributed by atoms with van der Waals surface area (Å²) in [7, 11) is 0. The molecule has 0 fully saturated rings. The number of rotatable bonds is 3. The van der Waals surface area contributed by atoms with E-state index in [4.69, 9.17) is 9.94 Å². The van der Waals surface area contributed by atoms with E-state index in [0.717, 1.165) is 0 Å². The average molecular weight is 249 g/mol. The lowest BCUT2D eigenvalue weighted by atomic mass is 10.3. The Morgan fingerprint density at radius 3 is 2.89 bits per heavy atom. The third-order valence-electron chi connectivity index (χ3n) is 2.31. The topological polar surface area (TPSA) is 93.5 Å². The minimum Gasteiger partial charge on any atom is -0.480 e. The highest BCUT2D eigenvalue weighted by Crippen LogP contribution is 2.09. The molecule has 0 aliphatic carbocycles. The molecule has 0 saturated carbocycles. The summed E-state index contributed by atoms with van der Waals surface area (Å²) >= 11 is 0. The molecule has 1 aromatic carbocycles. The molecule has 0 saturated heterocycles. The second-order valence-corrected chi connectivity index (χ2v) is 3.64. The van der Waals surface area contributed by atoms with Crippen LogP contribution < -0.4 is 10.2 Å². The van der Waals surface area contributed by atoms with Crippen LogP contribution in [0.3, 0.4) is 0 Å². The molecule has 18 heavy (non-hydrogen) atoms. The molecule has 0 aliphatic heterocycles. The van der Waals surface area contributed by atoms with Crippen molar-refractivity contribution < 1.29 is 19.5 Å². The number of carboxylic acids is 1. The summed E-state index contributed by atoms with van der Waals surface area (Å²) < 4.78 is 1.18. The van der Waals surface area contributed by atoms with Gasteiger partial charge < -0.3 is 15.3 Å². The van der Waals surface area contributed by atoms with Gasteiger partial charge >= 0.3 is 12.1 Å². The Morgan fingerprint density at radius 1 is 1.44 bits per heavy atom. The van der Waals surface area contributed by atoms with Crippen LogP contribution in [0.2, 0.25) is 0 Å². The second kappa shape index (κ2) is 4.74. The van der Waals surface area contributed by atoms with Gasteiger partial charge in [-0.2, -0.15) is 4.73 Å². The summed E-state index contributed by atoms with van der Waals surface area (Å²) in [5.41, 5.74) is 1.30. The molecule has 1 amide bonds. The summed E-state index contributed by atoms with van der Waals surface area (Å²) in [6.07, 6.45) is 0.489. The third-order valence-corrected chi connectivity index (χ3v) is 2.31. The molecule has 2 N–H and O–H groups in total. The van der Waals surface area contributed by atoms with Crippen LogP contribution in [0, 0.1) is 0 Å². The van der Waals surface area contributed by atoms with Crippen LogP contribution in [0.15, 0.2) is 30.6 Å². The molecule has 0 radical (unpaired) electrons. The largest absolute Gasteiger partial charge is 0.480 e. The zero-order valence-electron chi connectivity index (χ0n) is 9.53. The van der Waals surface area contributed by atoms with Gasteiger partial charge in [-0.15, -0.1) is 0 Å². The molecule has 1 atom stereocenters. The van der Waals surface area contributed by atoms with Gasteiger partial charge in [0.2, 0.25) is 0 Å². The van der Waals surface area contributed by atoms with Gasteiger partial charge in [0.15, 0.2) is 0 Å². The van der Waals surface area contributed by atoms with E-state index in [1.54, 1.807) is 18.2 Å². The molecule has 7 heteroatoms. The molecule has 94 valence electrons. The number of nitrogens with zero attached hydrogens (tertiary/aromatic N) is 2. The standard InChI is InChI=1S/C11H11N3O4/c1-7(10(15)16)13-11(17)18-14-6-12-8-4-2-3-5-9(8)14/h2-7H,1H3,(H,13,17)(H,15,16). The van der Waals surface area contributed by atoms with Gasteiger partial charge in [0.25, 0.3) is 0 Å². The summed E-state index contributed by atoms with van der Waals surface area (Å²) in [5.74, 6) is -1.14. The Bertz CT molecular complexity index is 593. The summed E-state index contributed by atoms with van der Waals surface area (Å²) in [4.78, 5) is 30.9. The number of aliphatic carboxylic acids is 1. The number of carboxylic acid groups (broad SMARTS) is 1. The lowest BCUT2D eigenvalue weighted by Gasteiger charge is -2.09. The maximum Gasteiger partial charge on any atom is 0.432 e. The van der Waals surface area contributed by atoms with E-state index >= 15 is 0 Å². The first kappa shape index (κ1) is 11.9. The van der Waals surface area contributed by atoms with E-state index < -0.39 is 18.1 Å². The number of carbonyl (C=O) groups excluding carboxylic acids is 1. The molecule has 2 aromatic rings.